The molecule has 8 heteroatoms. The van der Waals surface area contributed by atoms with Gasteiger partial charge < -0.3 is 19.7 Å². The number of alkyl halides is 2. The van der Waals surface area contributed by atoms with Crippen LogP contribution in [0.25, 0.3) is 0 Å². The molecule has 0 fully saturated rings. The van der Waals surface area contributed by atoms with E-state index in [0.717, 1.165) is 12.1 Å². The number of aliphatic hydroxyl groups is 1. The number of rotatable bonds is 5. The summed E-state index contributed by atoms with van der Waals surface area (Å²) < 4.78 is 47.6. The summed E-state index contributed by atoms with van der Waals surface area (Å²) >= 11 is 0. The van der Waals surface area contributed by atoms with Crippen molar-refractivity contribution in [2.24, 2.45) is 5.92 Å². The minimum Gasteiger partial charge on any atom is -0.481 e. The van der Waals surface area contributed by atoms with Crippen molar-refractivity contribution >= 4 is 5.97 Å². The lowest BCUT2D eigenvalue weighted by molar-refractivity contribution is -0.286. The van der Waals surface area contributed by atoms with Gasteiger partial charge in [0.25, 0.3) is 0 Å². The van der Waals surface area contributed by atoms with Crippen LogP contribution >= 0.6 is 0 Å². The van der Waals surface area contributed by atoms with Crippen LogP contribution in [0.5, 0.6) is 11.5 Å². The van der Waals surface area contributed by atoms with Gasteiger partial charge in [0, 0.05) is 0 Å². The number of hydrogen-bond acceptors (Lipinski definition) is 4. The number of carboxylic acids is 1. The smallest absolute Gasteiger partial charge is 0.481 e. The van der Waals surface area contributed by atoms with Crippen LogP contribution in [0.2, 0.25) is 0 Å². The maximum atomic E-state index is 13.0. The van der Waals surface area contributed by atoms with Crippen LogP contribution in [0.4, 0.5) is 13.2 Å². The quantitative estimate of drug-likeness (QED) is 0.863. The molecule has 0 radical (unpaired) electrons. The van der Waals surface area contributed by atoms with Gasteiger partial charge >= 0.3 is 12.3 Å². The van der Waals surface area contributed by atoms with E-state index < -0.39 is 30.1 Å². The number of halogens is 3. The maximum Gasteiger partial charge on any atom is 0.586 e. The first-order valence-corrected chi connectivity index (χ1v) is 7.30. The van der Waals surface area contributed by atoms with Gasteiger partial charge in [-0.1, -0.05) is 18.2 Å². The second-order valence-electron chi connectivity index (χ2n) is 5.59. The third-order valence-electron chi connectivity index (χ3n) is 3.83. The first-order chi connectivity index (χ1) is 11.7. The molecule has 2 N–H and O–H groups in total. The van der Waals surface area contributed by atoms with E-state index in [4.69, 9.17) is 0 Å². The molecule has 0 saturated carbocycles. The summed E-state index contributed by atoms with van der Waals surface area (Å²) in [5.74, 6) is -3.41. The van der Waals surface area contributed by atoms with Crippen molar-refractivity contribution in [1.82, 2.24) is 0 Å². The van der Waals surface area contributed by atoms with Gasteiger partial charge in [-0.2, -0.15) is 0 Å². The summed E-state index contributed by atoms with van der Waals surface area (Å²) in [4.78, 5) is 11.5. The van der Waals surface area contributed by atoms with E-state index in [1.54, 1.807) is 0 Å². The Morgan fingerprint density at radius 2 is 1.72 bits per heavy atom. The molecule has 0 saturated heterocycles. The topological polar surface area (TPSA) is 76.0 Å². The molecule has 0 spiro atoms. The third kappa shape index (κ3) is 3.69. The molecule has 2 atom stereocenters. The van der Waals surface area contributed by atoms with E-state index in [0.29, 0.717) is 5.56 Å². The highest BCUT2D eigenvalue weighted by molar-refractivity contribution is 5.71. The Morgan fingerprint density at radius 1 is 1.08 bits per heavy atom. The van der Waals surface area contributed by atoms with Gasteiger partial charge in [0.05, 0.1) is 12.0 Å². The molecule has 1 aliphatic heterocycles. The van der Waals surface area contributed by atoms with Gasteiger partial charge in [0.2, 0.25) is 0 Å². The number of carboxylic acid groups (broad SMARTS) is 1. The zero-order chi connectivity index (χ0) is 18.2. The van der Waals surface area contributed by atoms with E-state index in [9.17, 15) is 28.2 Å². The first-order valence-electron chi connectivity index (χ1n) is 7.30. The fourth-order valence-electron chi connectivity index (χ4n) is 2.60. The van der Waals surface area contributed by atoms with Gasteiger partial charge in [-0.05, 0) is 41.8 Å². The molecule has 25 heavy (non-hydrogen) atoms. The molecule has 5 nitrogen and oxygen atoms in total. The van der Waals surface area contributed by atoms with Crippen LogP contribution in [0.3, 0.4) is 0 Å². The maximum absolute atomic E-state index is 13.0. The normalized spacial score (nSPS) is 17.1. The van der Waals surface area contributed by atoms with E-state index in [-0.39, 0.29) is 23.5 Å². The number of aliphatic hydroxyl groups excluding tert-OH is 1. The lowest BCUT2D eigenvalue weighted by Crippen LogP contribution is -2.26. The molecule has 1 aliphatic rings. The Kier molecular flexibility index (Phi) is 4.30. The molecule has 3 rings (SSSR count). The minimum absolute atomic E-state index is 0.143. The molecule has 2 aromatic rings. The molecule has 0 bridgehead atoms. The minimum atomic E-state index is -3.76. The van der Waals surface area contributed by atoms with Crippen LogP contribution < -0.4 is 9.47 Å². The van der Waals surface area contributed by atoms with Gasteiger partial charge in [-0.25, -0.2) is 4.39 Å². The molecular formula is C17H13F3O5. The average Bonchev–Trinajstić information content (AvgIpc) is 2.85. The summed E-state index contributed by atoms with van der Waals surface area (Å²) in [6.07, 6.45) is -5.30. The summed E-state index contributed by atoms with van der Waals surface area (Å²) in [6.45, 7) is 0. The molecule has 0 amide bonds. The SMILES string of the molecule is O=C(O)C(Cc1ccc2c(c1)OC(F)(F)O2)C(O)c1ccc(F)cc1. The van der Waals surface area contributed by atoms with Crippen molar-refractivity contribution in [3.05, 3.63) is 59.4 Å². The van der Waals surface area contributed by atoms with E-state index in [2.05, 4.69) is 9.47 Å². The lowest BCUT2D eigenvalue weighted by atomic mass is 9.90. The van der Waals surface area contributed by atoms with Gasteiger partial charge in [0.1, 0.15) is 5.82 Å². The summed E-state index contributed by atoms with van der Waals surface area (Å²) in [5, 5.41) is 19.7. The molecule has 132 valence electrons. The van der Waals surface area contributed by atoms with Crippen LogP contribution in [-0.4, -0.2) is 22.5 Å². The highest BCUT2D eigenvalue weighted by Gasteiger charge is 2.43. The van der Waals surface area contributed by atoms with E-state index in [1.165, 1.54) is 30.3 Å². The van der Waals surface area contributed by atoms with Gasteiger partial charge in [-0.15, -0.1) is 8.78 Å². The standard InChI is InChI=1S/C17H13F3O5/c18-11-4-2-10(3-5-11)15(21)12(16(22)23)7-9-1-6-13-14(8-9)25-17(19,20)24-13/h1-6,8,12,15,21H,7H2,(H,22,23). The fourth-order valence-corrected chi connectivity index (χ4v) is 2.60. The third-order valence-corrected chi connectivity index (χ3v) is 3.83. The molecule has 2 aromatic carbocycles. The number of ether oxygens (including phenoxy) is 2. The fraction of sp³-hybridized carbons (Fsp3) is 0.235. The van der Waals surface area contributed by atoms with Crippen molar-refractivity contribution in [2.45, 2.75) is 18.8 Å². The van der Waals surface area contributed by atoms with E-state index >= 15 is 0 Å². The van der Waals surface area contributed by atoms with Gasteiger partial charge in [-0.3, -0.25) is 4.79 Å². The highest BCUT2D eigenvalue weighted by Crippen LogP contribution is 2.41. The van der Waals surface area contributed by atoms with Crippen molar-refractivity contribution in [3.8, 4) is 11.5 Å². The predicted molar refractivity (Wildman–Crippen MR) is 78.8 cm³/mol. The van der Waals surface area contributed by atoms with Crippen molar-refractivity contribution < 1.29 is 37.7 Å². The Hall–Kier alpha value is -2.74. The lowest BCUT2D eigenvalue weighted by Gasteiger charge is -2.19. The van der Waals surface area contributed by atoms with Crippen LogP contribution in [0.1, 0.15) is 17.2 Å². The predicted octanol–water partition coefficient (Wildman–Crippen LogP) is 3.12. The monoisotopic (exact) mass is 354 g/mol. The Labute approximate surface area is 140 Å². The Balaban J connectivity index is 1.81. The number of benzene rings is 2. The second-order valence-corrected chi connectivity index (χ2v) is 5.59. The Bertz CT molecular complexity index is 791. The molecule has 1 heterocycles. The number of hydrogen-bond donors (Lipinski definition) is 2. The van der Waals surface area contributed by atoms with Gasteiger partial charge in [0.15, 0.2) is 11.5 Å². The first kappa shape index (κ1) is 17.1. The number of carbonyl (C=O) groups is 1. The highest BCUT2D eigenvalue weighted by atomic mass is 19.3. The van der Waals surface area contributed by atoms with Crippen LogP contribution in [0, 0.1) is 11.7 Å². The second kappa shape index (κ2) is 6.29. The number of fused-ring (bicyclic) bond motifs is 1. The average molecular weight is 354 g/mol. The summed E-state index contributed by atoms with van der Waals surface area (Å²) in [7, 11) is 0. The van der Waals surface area contributed by atoms with Crippen molar-refractivity contribution in [2.75, 3.05) is 0 Å². The zero-order valence-electron chi connectivity index (χ0n) is 12.7. The van der Waals surface area contributed by atoms with Crippen molar-refractivity contribution in [1.29, 1.82) is 0 Å². The van der Waals surface area contributed by atoms with Crippen LogP contribution in [-0.2, 0) is 11.2 Å². The zero-order valence-corrected chi connectivity index (χ0v) is 12.7. The molecular weight excluding hydrogens is 341 g/mol. The number of aliphatic carboxylic acids is 1. The molecule has 0 aliphatic carbocycles. The van der Waals surface area contributed by atoms with E-state index in [1.807, 2.05) is 0 Å². The van der Waals surface area contributed by atoms with Crippen molar-refractivity contribution in [3.63, 3.8) is 0 Å². The largest absolute Gasteiger partial charge is 0.586 e. The molecule has 2 unspecified atom stereocenters. The summed E-state index contributed by atoms with van der Waals surface area (Å²) in [5.41, 5.74) is 0.606. The molecule has 0 aromatic heterocycles. The summed E-state index contributed by atoms with van der Waals surface area (Å²) in [6, 6.07) is 8.70. The Morgan fingerprint density at radius 3 is 2.36 bits per heavy atom. The van der Waals surface area contributed by atoms with Crippen LogP contribution in [0.15, 0.2) is 42.5 Å².